The second-order valence-corrected chi connectivity index (χ2v) is 6.21. The molecule has 4 nitrogen and oxygen atoms in total. The second-order valence-electron chi connectivity index (χ2n) is 6.21. The van der Waals surface area contributed by atoms with Gasteiger partial charge in [0, 0.05) is 19.5 Å². The molecule has 0 bridgehead atoms. The average Bonchev–Trinajstić information content (AvgIpc) is 2.46. The van der Waals surface area contributed by atoms with E-state index >= 15 is 0 Å². The first-order valence-corrected chi connectivity index (χ1v) is 7.64. The topological polar surface area (TPSA) is 57.6 Å². The number of nitrogens with zero attached hydrogens (tertiary/aromatic N) is 1. The van der Waals surface area contributed by atoms with Crippen LogP contribution in [0.4, 0.5) is 4.39 Å². The minimum Gasteiger partial charge on any atom is -0.481 e. The van der Waals surface area contributed by atoms with Crippen molar-refractivity contribution in [2.45, 2.75) is 32.6 Å². The van der Waals surface area contributed by atoms with E-state index in [-0.39, 0.29) is 29.5 Å². The molecule has 1 aliphatic heterocycles. The zero-order chi connectivity index (χ0) is 16.3. The molecule has 0 aliphatic carbocycles. The number of carboxylic acids is 1. The van der Waals surface area contributed by atoms with E-state index < -0.39 is 5.97 Å². The maximum atomic E-state index is 13.2. The number of likely N-dealkylation sites (tertiary alicyclic amines) is 1. The fourth-order valence-corrected chi connectivity index (χ4v) is 3.06. The van der Waals surface area contributed by atoms with Crippen molar-refractivity contribution < 1.29 is 19.1 Å². The molecule has 0 spiro atoms. The lowest BCUT2D eigenvalue weighted by Crippen LogP contribution is -2.45. The van der Waals surface area contributed by atoms with E-state index in [1.54, 1.807) is 11.0 Å². The molecule has 120 valence electrons. The Morgan fingerprint density at radius 3 is 2.77 bits per heavy atom. The molecule has 1 saturated heterocycles. The average molecular weight is 307 g/mol. The van der Waals surface area contributed by atoms with Gasteiger partial charge in [0.15, 0.2) is 0 Å². The largest absolute Gasteiger partial charge is 0.481 e. The van der Waals surface area contributed by atoms with E-state index in [1.807, 2.05) is 19.9 Å². The fraction of sp³-hybridized carbons (Fsp3) is 0.529. The van der Waals surface area contributed by atoms with E-state index in [4.69, 9.17) is 5.11 Å². The maximum Gasteiger partial charge on any atom is 0.306 e. The molecule has 1 N–H and O–H groups in total. The minimum absolute atomic E-state index is 0.00690. The fourth-order valence-electron chi connectivity index (χ4n) is 3.06. The number of carboxylic acid groups (broad SMARTS) is 1. The quantitative estimate of drug-likeness (QED) is 0.930. The van der Waals surface area contributed by atoms with Crippen LogP contribution >= 0.6 is 0 Å². The normalized spacial score (nSPS) is 23.1. The zero-order valence-corrected chi connectivity index (χ0v) is 13.0. The minimum atomic E-state index is -0.785. The summed E-state index contributed by atoms with van der Waals surface area (Å²) in [5.74, 6) is -1.55. The van der Waals surface area contributed by atoms with Crippen LogP contribution in [0.25, 0.3) is 0 Å². The van der Waals surface area contributed by atoms with Crippen molar-refractivity contribution in [3.63, 3.8) is 0 Å². The monoisotopic (exact) mass is 307 g/mol. The zero-order valence-electron chi connectivity index (χ0n) is 13.0. The van der Waals surface area contributed by atoms with Gasteiger partial charge >= 0.3 is 5.97 Å². The third-order valence-corrected chi connectivity index (χ3v) is 4.47. The maximum absolute atomic E-state index is 13.2. The highest BCUT2D eigenvalue weighted by Gasteiger charge is 2.33. The van der Waals surface area contributed by atoms with Crippen molar-refractivity contribution in [3.8, 4) is 0 Å². The molecule has 1 heterocycles. The molecule has 0 radical (unpaired) electrons. The van der Waals surface area contributed by atoms with Crippen LogP contribution in [0, 0.1) is 17.7 Å². The van der Waals surface area contributed by atoms with Crippen LogP contribution in [0.2, 0.25) is 0 Å². The van der Waals surface area contributed by atoms with Crippen LogP contribution in [0.1, 0.15) is 38.2 Å². The third-order valence-electron chi connectivity index (χ3n) is 4.47. The molecule has 0 aromatic heterocycles. The number of rotatable bonds is 4. The van der Waals surface area contributed by atoms with Gasteiger partial charge in [-0.3, -0.25) is 9.59 Å². The van der Waals surface area contributed by atoms with Crippen molar-refractivity contribution in [2.24, 2.45) is 11.8 Å². The third kappa shape index (κ3) is 3.84. The molecule has 1 aromatic rings. The van der Waals surface area contributed by atoms with Crippen LogP contribution in [-0.2, 0) is 9.59 Å². The Morgan fingerprint density at radius 1 is 1.45 bits per heavy atom. The summed E-state index contributed by atoms with van der Waals surface area (Å²) in [5, 5.41) is 9.11. The van der Waals surface area contributed by atoms with Crippen LogP contribution in [0.5, 0.6) is 0 Å². The molecule has 1 amide bonds. The molecule has 22 heavy (non-hydrogen) atoms. The highest BCUT2D eigenvalue weighted by molar-refractivity contribution is 5.78. The Hall–Kier alpha value is -1.91. The van der Waals surface area contributed by atoms with E-state index in [2.05, 4.69) is 0 Å². The Kier molecular flexibility index (Phi) is 5.16. The molecule has 0 saturated carbocycles. The van der Waals surface area contributed by atoms with Gasteiger partial charge in [0.25, 0.3) is 0 Å². The first-order chi connectivity index (χ1) is 10.4. The lowest BCUT2D eigenvalue weighted by molar-refractivity contribution is -0.148. The van der Waals surface area contributed by atoms with Crippen molar-refractivity contribution in [1.29, 1.82) is 0 Å². The van der Waals surface area contributed by atoms with Crippen molar-refractivity contribution in [3.05, 3.63) is 35.6 Å². The van der Waals surface area contributed by atoms with Gasteiger partial charge in [-0.1, -0.05) is 26.0 Å². The predicted octanol–water partition coefficient (Wildman–Crippen LogP) is 2.89. The molecule has 1 aromatic carbocycles. The van der Waals surface area contributed by atoms with Crippen molar-refractivity contribution in [2.75, 3.05) is 13.1 Å². The SMILES string of the molecule is CC(CC(=O)N1CCC(C(=O)O)C(C)C1)c1cccc(F)c1. The summed E-state index contributed by atoms with van der Waals surface area (Å²) in [6, 6.07) is 6.31. The van der Waals surface area contributed by atoms with Gasteiger partial charge in [0.1, 0.15) is 5.82 Å². The number of amides is 1. The van der Waals surface area contributed by atoms with E-state index in [9.17, 15) is 14.0 Å². The van der Waals surface area contributed by atoms with Gasteiger partial charge < -0.3 is 10.0 Å². The number of aliphatic carboxylic acids is 1. The molecule has 3 unspecified atom stereocenters. The molecule has 2 rings (SSSR count). The predicted molar refractivity (Wildman–Crippen MR) is 80.9 cm³/mol. The standard InChI is InChI=1S/C17H22FNO3/c1-11(13-4-3-5-14(18)9-13)8-16(20)19-7-6-15(17(21)22)12(2)10-19/h3-5,9,11-12,15H,6-8,10H2,1-2H3,(H,21,22). The highest BCUT2D eigenvalue weighted by atomic mass is 19.1. The molecule has 3 atom stereocenters. The number of carbonyl (C=O) groups is 2. The molecular weight excluding hydrogens is 285 g/mol. The number of hydrogen-bond acceptors (Lipinski definition) is 2. The summed E-state index contributed by atoms with van der Waals surface area (Å²) < 4.78 is 13.2. The summed E-state index contributed by atoms with van der Waals surface area (Å²) in [6.45, 7) is 4.73. The van der Waals surface area contributed by atoms with Crippen LogP contribution in [-0.4, -0.2) is 35.0 Å². The van der Waals surface area contributed by atoms with Crippen LogP contribution in [0.15, 0.2) is 24.3 Å². The molecule has 1 fully saturated rings. The first-order valence-electron chi connectivity index (χ1n) is 7.64. The highest BCUT2D eigenvalue weighted by Crippen LogP contribution is 2.26. The van der Waals surface area contributed by atoms with Gasteiger partial charge in [0.2, 0.25) is 5.91 Å². The number of halogens is 1. The van der Waals surface area contributed by atoms with E-state index in [1.165, 1.54) is 12.1 Å². The number of hydrogen-bond donors (Lipinski definition) is 1. The Morgan fingerprint density at radius 2 is 2.18 bits per heavy atom. The molecule has 1 aliphatic rings. The van der Waals surface area contributed by atoms with Gasteiger partial charge in [0.05, 0.1) is 5.92 Å². The van der Waals surface area contributed by atoms with Crippen molar-refractivity contribution >= 4 is 11.9 Å². The Balaban J connectivity index is 1.94. The lowest BCUT2D eigenvalue weighted by atomic mass is 9.86. The number of benzene rings is 1. The number of piperidine rings is 1. The van der Waals surface area contributed by atoms with Crippen LogP contribution in [0.3, 0.4) is 0 Å². The van der Waals surface area contributed by atoms with Crippen molar-refractivity contribution in [1.82, 2.24) is 4.90 Å². The van der Waals surface area contributed by atoms with Gasteiger partial charge in [-0.15, -0.1) is 0 Å². The van der Waals surface area contributed by atoms with Crippen LogP contribution < -0.4 is 0 Å². The summed E-state index contributed by atoms with van der Waals surface area (Å²) in [7, 11) is 0. The second kappa shape index (κ2) is 6.90. The molecule has 5 heteroatoms. The number of carbonyl (C=O) groups excluding carboxylic acids is 1. The summed E-state index contributed by atoms with van der Waals surface area (Å²) >= 11 is 0. The Labute approximate surface area is 129 Å². The molecular formula is C17H22FNO3. The first kappa shape index (κ1) is 16.5. The summed E-state index contributed by atoms with van der Waals surface area (Å²) in [6.07, 6.45) is 0.810. The lowest BCUT2D eigenvalue weighted by Gasteiger charge is -2.35. The van der Waals surface area contributed by atoms with E-state index in [0.717, 1.165) is 5.56 Å². The Bertz CT molecular complexity index is 561. The van der Waals surface area contributed by atoms with Gasteiger partial charge in [-0.2, -0.15) is 0 Å². The van der Waals surface area contributed by atoms with E-state index in [0.29, 0.717) is 25.9 Å². The van der Waals surface area contributed by atoms with Gasteiger partial charge in [-0.25, -0.2) is 4.39 Å². The van der Waals surface area contributed by atoms with Gasteiger partial charge in [-0.05, 0) is 36.0 Å². The smallest absolute Gasteiger partial charge is 0.306 e. The summed E-state index contributed by atoms with van der Waals surface area (Å²) in [4.78, 5) is 25.2. The summed E-state index contributed by atoms with van der Waals surface area (Å²) in [5.41, 5.74) is 0.807.